The lowest BCUT2D eigenvalue weighted by Gasteiger charge is -2.41. The second-order valence-electron chi connectivity index (χ2n) is 15.4. The first-order valence-electron chi connectivity index (χ1n) is 18.6. The molecule has 0 bridgehead atoms. The molecule has 0 amide bonds. The Balaban J connectivity index is 1.54. The van der Waals surface area contributed by atoms with E-state index in [2.05, 4.69) is 68.0 Å². The van der Waals surface area contributed by atoms with Crippen LogP contribution in [0.1, 0.15) is 108 Å². The predicted octanol–water partition coefficient (Wildman–Crippen LogP) is 7.83. The summed E-state index contributed by atoms with van der Waals surface area (Å²) in [5.41, 5.74) is 4.52. The average molecular weight is 702 g/mol. The number of carbonyl (C=O) groups excluding carboxylic acids is 1. The van der Waals surface area contributed by atoms with Gasteiger partial charge in [0.25, 0.3) is 0 Å². The Bertz CT molecular complexity index is 1680. The van der Waals surface area contributed by atoms with Gasteiger partial charge in [0.1, 0.15) is 11.6 Å². The van der Waals surface area contributed by atoms with Crippen molar-refractivity contribution in [2.45, 2.75) is 130 Å². The van der Waals surface area contributed by atoms with E-state index in [1.807, 2.05) is 45.2 Å². The van der Waals surface area contributed by atoms with Crippen LogP contribution in [0.25, 0.3) is 5.65 Å². The van der Waals surface area contributed by atoms with Crippen LogP contribution in [0.2, 0.25) is 0 Å². The first kappa shape index (κ1) is 38.5. The van der Waals surface area contributed by atoms with Crippen LogP contribution in [0.15, 0.2) is 49.6 Å². The Morgan fingerprint density at radius 2 is 1.84 bits per heavy atom. The molecule has 3 aromatic rings. The number of anilines is 1. The summed E-state index contributed by atoms with van der Waals surface area (Å²) >= 11 is 0. The molecule has 0 radical (unpaired) electrons. The van der Waals surface area contributed by atoms with Crippen molar-refractivity contribution in [3.8, 4) is 5.75 Å². The second kappa shape index (κ2) is 16.3. The highest BCUT2D eigenvalue weighted by Crippen LogP contribution is 2.39. The molecule has 0 N–H and O–H groups in total. The standard InChI is InChI=1S/C41H59N5O5/c1-11-14-29(5)50-34-24-28(4)15-16-31(34)26-45(33-17-18-33)27-32-25-35-42-30(6)36(37(39(47)48-13-3)51-40(7,8)9)38(46(35)43-32)44-21-19-41(10,20-22-44)49-23-12-2/h11-12,15-16,24-25,29,33,37H,1-2,13-14,17-23,26-27H2,3-10H3/t29-,37-/m0/s1. The Labute approximate surface area is 304 Å². The van der Waals surface area contributed by atoms with Crippen LogP contribution in [0.3, 0.4) is 0 Å². The lowest BCUT2D eigenvalue weighted by Crippen LogP contribution is -2.45. The molecule has 10 nitrogen and oxygen atoms in total. The second-order valence-corrected chi connectivity index (χ2v) is 15.4. The van der Waals surface area contributed by atoms with Gasteiger partial charge in [-0.3, -0.25) is 4.90 Å². The third kappa shape index (κ3) is 9.78. The molecule has 0 unspecified atom stereocenters. The van der Waals surface area contributed by atoms with Gasteiger partial charge in [0, 0.05) is 56.0 Å². The minimum Gasteiger partial charge on any atom is -0.490 e. The van der Waals surface area contributed by atoms with Gasteiger partial charge in [-0.25, -0.2) is 9.78 Å². The Kier molecular flexibility index (Phi) is 12.3. The van der Waals surface area contributed by atoms with Gasteiger partial charge >= 0.3 is 5.97 Å². The fraction of sp³-hybridized carbons (Fsp3) is 0.585. The molecule has 2 aliphatic rings. The highest BCUT2D eigenvalue weighted by molar-refractivity contribution is 5.80. The smallest absolute Gasteiger partial charge is 0.340 e. The maximum atomic E-state index is 13.6. The van der Waals surface area contributed by atoms with Crippen molar-refractivity contribution in [1.29, 1.82) is 0 Å². The summed E-state index contributed by atoms with van der Waals surface area (Å²) in [6, 6.07) is 9.04. The maximum absolute atomic E-state index is 13.6. The van der Waals surface area contributed by atoms with Crippen LogP contribution in [-0.4, -0.2) is 75.1 Å². The summed E-state index contributed by atoms with van der Waals surface area (Å²) in [6.45, 7) is 27.3. The Morgan fingerprint density at radius 3 is 2.47 bits per heavy atom. The van der Waals surface area contributed by atoms with Gasteiger partial charge in [0.15, 0.2) is 11.8 Å². The summed E-state index contributed by atoms with van der Waals surface area (Å²) in [5, 5.41) is 5.24. The lowest BCUT2D eigenvalue weighted by molar-refractivity contribution is -0.166. The number of fused-ring (bicyclic) bond motifs is 1. The van der Waals surface area contributed by atoms with E-state index < -0.39 is 17.7 Å². The van der Waals surface area contributed by atoms with Gasteiger partial charge in [-0.15, -0.1) is 13.2 Å². The molecule has 0 spiro atoms. The van der Waals surface area contributed by atoms with E-state index in [0.717, 1.165) is 72.8 Å². The number of hydrogen-bond acceptors (Lipinski definition) is 9. The third-order valence-electron chi connectivity index (χ3n) is 9.61. The average Bonchev–Trinajstić information content (AvgIpc) is 3.83. The summed E-state index contributed by atoms with van der Waals surface area (Å²) in [7, 11) is 0. The van der Waals surface area contributed by atoms with Gasteiger partial charge in [-0.1, -0.05) is 24.3 Å². The van der Waals surface area contributed by atoms with Gasteiger partial charge < -0.3 is 23.8 Å². The molecule has 1 aliphatic heterocycles. The zero-order chi connectivity index (χ0) is 36.9. The molecule has 1 saturated heterocycles. The van der Waals surface area contributed by atoms with E-state index in [4.69, 9.17) is 29.0 Å². The highest BCUT2D eigenvalue weighted by Gasteiger charge is 2.39. The third-order valence-corrected chi connectivity index (χ3v) is 9.61. The molecule has 3 heterocycles. The van der Waals surface area contributed by atoms with E-state index in [-0.39, 0.29) is 18.3 Å². The molecule has 5 rings (SSSR count). The molecular weight excluding hydrogens is 642 g/mol. The van der Waals surface area contributed by atoms with Crippen molar-refractivity contribution < 1.29 is 23.7 Å². The fourth-order valence-corrected chi connectivity index (χ4v) is 6.83. The normalized spacial score (nSPS) is 17.4. The minimum atomic E-state index is -0.971. The molecule has 1 aliphatic carbocycles. The Hall–Kier alpha value is -3.73. The predicted molar refractivity (Wildman–Crippen MR) is 202 cm³/mol. The maximum Gasteiger partial charge on any atom is 0.340 e. The van der Waals surface area contributed by atoms with Crippen LogP contribution in [0.4, 0.5) is 5.82 Å². The van der Waals surface area contributed by atoms with Gasteiger partial charge in [0.2, 0.25) is 0 Å². The zero-order valence-electron chi connectivity index (χ0n) is 32.2. The summed E-state index contributed by atoms with van der Waals surface area (Å²) in [6.07, 6.45) is 7.48. The molecular formula is C41H59N5O5. The summed E-state index contributed by atoms with van der Waals surface area (Å²) in [5.74, 6) is 1.31. The summed E-state index contributed by atoms with van der Waals surface area (Å²) < 4.78 is 26.6. The quantitative estimate of drug-likeness (QED) is 0.103. The number of piperidine rings is 1. The fourth-order valence-electron chi connectivity index (χ4n) is 6.83. The van der Waals surface area contributed by atoms with E-state index in [9.17, 15) is 4.79 Å². The molecule has 10 heteroatoms. The van der Waals surface area contributed by atoms with E-state index >= 15 is 0 Å². The van der Waals surface area contributed by atoms with Crippen LogP contribution >= 0.6 is 0 Å². The zero-order valence-corrected chi connectivity index (χ0v) is 32.2. The van der Waals surface area contributed by atoms with Gasteiger partial charge in [0.05, 0.1) is 41.8 Å². The molecule has 2 aromatic heterocycles. The van der Waals surface area contributed by atoms with Crippen molar-refractivity contribution in [2.24, 2.45) is 0 Å². The number of carbonyl (C=O) groups is 1. The highest BCUT2D eigenvalue weighted by atomic mass is 16.6. The molecule has 2 atom stereocenters. The van der Waals surface area contributed by atoms with Crippen molar-refractivity contribution in [1.82, 2.24) is 19.5 Å². The number of aromatic nitrogens is 3. The summed E-state index contributed by atoms with van der Waals surface area (Å²) in [4.78, 5) is 23.5. The van der Waals surface area contributed by atoms with Crippen molar-refractivity contribution in [3.05, 3.63) is 77.7 Å². The Morgan fingerprint density at radius 1 is 1.12 bits per heavy atom. The number of ether oxygens (including phenoxy) is 4. The van der Waals surface area contributed by atoms with Crippen LogP contribution in [0, 0.1) is 13.8 Å². The molecule has 1 aromatic carbocycles. The largest absolute Gasteiger partial charge is 0.490 e. The monoisotopic (exact) mass is 701 g/mol. The van der Waals surface area contributed by atoms with E-state index in [1.54, 1.807) is 6.08 Å². The minimum absolute atomic E-state index is 0.0414. The lowest BCUT2D eigenvalue weighted by atomic mass is 9.92. The van der Waals surface area contributed by atoms with Gasteiger partial charge in [-0.05, 0) is 92.7 Å². The molecule has 278 valence electrons. The molecule has 51 heavy (non-hydrogen) atoms. The van der Waals surface area contributed by atoms with E-state index in [1.165, 1.54) is 5.56 Å². The van der Waals surface area contributed by atoms with Gasteiger partial charge in [-0.2, -0.15) is 9.61 Å². The number of nitrogens with zero attached hydrogens (tertiary/aromatic N) is 5. The first-order valence-corrected chi connectivity index (χ1v) is 18.6. The SMILES string of the molecule is C=CCOC1(C)CCN(c2c([C@H](OC(C)(C)C)C(=O)OCC)c(C)nc3cc(CN(Cc4ccc(C)cc4O[C@@H](C)CC=C)C4CC4)nn23)CC1. The van der Waals surface area contributed by atoms with Crippen LogP contribution in [-0.2, 0) is 32.1 Å². The first-order chi connectivity index (χ1) is 24.2. The number of esters is 1. The van der Waals surface area contributed by atoms with E-state index in [0.29, 0.717) is 37.8 Å². The van der Waals surface area contributed by atoms with Crippen LogP contribution < -0.4 is 9.64 Å². The molecule has 2 fully saturated rings. The number of aryl methyl sites for hydroxylation is 2. The van der Waals surface area contributed by atoms with Crippen molar-refractivity contribution >= 4 is 17.4 Å². The van der Waals surface area contributed by atoms with Crippen molar-refractivity contribution in [3.63, 3.8) is 0 Å². The number of rotatable bonds is 17. The topological polar surface area (TPSA) is 90.7 Å². The number of benzene rings is 1. The van der Waals surface area contributed by atoms with Crippen molar-refractivity contribution in [2.75, 3.05) is 31.2 Å². The van der Waals surface area contributed by atoms with Crippen LogP contribution in [0.5, 0.6) is 5.75 Å². The number of hydrogen-bond donors (Lipinski definition) is 0. The molecule has 1 saturated carbocycles.